The van der Waals surface area contributed by atoms with Crippen LogP contribution in [0.3, 0.4) is 0 Å². The molecule has 0 bridgehead atoms. The molecule has 0 amide bonds. The van der Waals surface area contributed by atoms with Gasteiger partial charge in [0.2, 0.25) is 0 Å². The van der Waals surface area contributed by atoms with Gasteiger partial charge in [0.25, 0.3) is 0 Å². The SMILES string of the molecule is COc1cc(OC)c2c(O)c3c(=O)cc(C)oc3c(-c3c(OC)cc4cc(O)c5c(=O)cc(C)oc5c4c3OC)c2c1. The van der Waals surface area contributed by atoms with Gasteiger partial charge in [-0.2, -0.15) is 0 Å². The summed E-state index contributed by atoms with van der Waals surface area (Å²) in [4.78, 5) is 26.3. The zero-order chi connectivity index (χ0) is 30.0. The normalized spacial score (nSPS) is 11.5. The molecule has 6 aromatic rings. The van der Waals surface area contributed by atoms with Crippen LogP contribution in [0.5, 0.6) is 34.5 Å². The number of rotatable bonds is 5. The maximum atomic E-state index is 13.4. The van der Waals surface area contributed by atoms with Gasteiger partial charge in [-0.1, -0.05) is 0 Å². The van der Waals surface area contributed by atoms with Gasteiger partial charge >= 0.3 is 0 Å². The average Bonchev–Trinajstić information content (AvgIpc) is 2.95. The summed E-state index contributed by atoms with van der Waals surface area (Å²) in [5.74, 6) is 1.20. The summed E-state index contributed by atoms with van der Waals surface area (Å²) in [5.41, 5.74) is -0.0505. The van der Waals surface area contributed by atoms with Crippen LogP contribution in [-0.2, 0) is 0 Å². The fourth-order valence-corrected chi connectivity index (χ4v) is 5.67. The molecule has 0 aliphatic carbocycles. The minimum Gasteiger partial charge on any atom is -0.507 e. The van der Waals surface area contributed by atoms with Crippen molar-refractivity contribution in [3.05, 3.63) is 68.4 Å². The number of hydrogen-bond donors (Lipinski definition) is 2. The summed E-state index contributed by atoms with van der Waals surface area (Å²) in [6.07, 6.45) is 0. The molecule has 10 nitrogen and oxygen atoms in total. The Balaban J connectivity index is 1.98. The van der Waals surface area contributed by atoms with Gasteiger partial charge in [0.15, 0.2) is 22.0 Å². The highest BCUT2D eigenvalue weighted by atomic mass is 16.5. The summed E-state index contributed by atoms with van der Waals surface area (Å²) in [7, 11) is 5.83. The van der Waals surface area contributed by atoms with E-state index >= 15 is 0 Å². The molecule has 10 heteroatoms. The molecule has 6 rings (SSSR count). The Hall–Kier alpha value is -5.38. The quantitative estimate of drug-likeness (QED) is 0.189. The maximum absolute atomic E-state index is 13.4. The fraction of sp³-hybridized carbons (Fsp3) is 0.188. The van der Waals surface area contributed by atoms with Crippen LogP contribution in [0.2, 0.25) is 0 Å². The largest absolute Gasteiger partial charge is 0.507 e. The standard InChI is InChI=1S/C32H26O10/c1-13-7-18(33)26-20(35)9-15-10-21(38-4)28(30(40-6)23(15)31(26)41-13)25-17-11-16(37-3)12-22(39-5)24(17)29(36)27-19(34)8-14(2)42-32(25)27/h7-12,35-36H,1-6H3. The molecule has 214 valence electrons. The van der Waals surface area contributed by atoms with E-state index in [-0.39, 0.29) is 56.1 Å². The Morgan fingerprint density at radius 1 is 0.619 bits per heavy atom. The lowest BCUT2D eigenvalue weighted by molar-refractivity contribution is 0.396. The molecule has 2 aromatic heterocycles. The van der Waals surface area contributed by atoms with Crippen molar-refractivity contribution in [3.8, 4) is 45.6 Å². The van der Waals surface area contributed by atoms with Crippen LogP contribution >= 0.6 is 0 Å². The van der Waals surface area contributed by atoms with E-state index in [9.17, 15) is 19.8 Å². The van der Waals surface area contributed by atoms with E-state index in [1.54, 1.807) is 32.0 Å². The van der Waals surface area contributed by atoms with E-state index < -0.39 is 10.9 Å². The van der Waals surface area contributed by atoms with E-state index in [4.69, 9.17) is 27.8 Å². The van der Waals surface area contributed by atoms with E-state index in [2.05, 4.69) is 0 Å². The van der Waals surface area contributed by atoms with Crippen LogP contribution in [-0.4, -0.2) is 38.7 Å². The number of ether oxygens (including phenoxy) is 4. The molecule has 0 spiro atoms. The third-order valence-corrected chi connectivity index (χ3v) is 7.37. The molecule has 0 saturated carbocycles. The highest BCUT2D eigenvalue weighted by Crippen LogP contribution is 2.54. The molecule has 4 aromatic carbocycles. The Morgan fingerprint density at radius 2 is 1.26 bits per heavy atom. The molecule has 0 unspecified atom stereocenters. The monoisotopic (exact) mass is 570 g/mol. The summed E-state index contributed by atoms with van der Waals surface area (Å²) in [6.45, 7) is 3.26. The number of phenolic OH excluding ortho intramolecular Hbond substituents is 2. The first-order valence-electron chi connectivity index (χ1n) is 12.8. The van der Waals surface area contributed by atoms with E-state index in [0.29, 0.717) is 44.6 Å². The lowest BCUT2D eigenvalue weighted by Gasteiger charge is -2.21. The third-order valence-electron chi connectivity index (χ3n) is 7.37. The van der Waals surface area contributed by atoms with Crippen molar-refractivity contribution in [2.75, 3.05) is 28.4 Å². The summed E-state index contributed by atoms with van der Waals surface area (Å²) in [6, 6.07) is 8.94. The van der Waals surface area contributed by atoms with Crippen molar-refractivity contribution < 1.29 is 38.0 Å². The molecule has 42 heavy (non-hydrogen) atoms. The Bertz CT molecular complexity index is 2220. The Labute approximate surface area is 237 Å². The van der Waals surface area contributed by atoms with Crippen LogP contribution in [0.15, 0.2) is 54.8 Å². The second-order valence-electron chi connectivity index (χ2n) is 9.81. The third kappa shape index (κ3) is 3.72. The molecule has 0 fully saturated rings. The molecular weight excluding hydrogens is 544 g/mol. The molecule has 0 radical (unpaired) electrons. The number of hydrogen-bond acceptors (Lipinski definition) is 10. The molecule has 2 heterocycles. The van der Waals surface area contributed by atoms with E-state index in [1.165, 1.54) is 46.6 Å². The minimum absolute atomic E-state index is 0.0198. The van der Waals surface area contributed by atoms with Crippen LogP contribution in [0, 0.1) is 13.8 Å². The Morgan fingerprint density at radius 3 is 1.88 bits per heavy atom. The van der Waals surface area contributed by atoms with Gasteiger partial charge in [-0.15, -0.1) is 0 Å². The van der Waals surface area contributed by atoms with Crippen molar-refractivity contribution in [3.63, 3.8) is 0 Å². The van der Waals surface area contributed by atoms with Gasteiger partial charge in [0.1, 0.15) is 56.8 Å². The molecule has 0 aliphatic rings. The molecule has 0 saturated heterocycles. The van der Waals surface area contributed by atoms with E-state index in [0.717, 1.165) is 0 Å². The highest BCUT2D eigenvalue weighted by molar-refractivity contribution is 6.21. The molecule has 0 atom stereocenters. The number of aryl methyl sites for hydroxylation is 2. The Kier molecular flexibility index (Phi) is 6.14. The number of fused-ring (bicyclic) bond motifs is 5. The first kappa shape index (κ1) is 26.8. The average molecular weight is 571 g/mol. The smallest absolute Gasteiger partial charge is 0.196 e. The van der Waals surface area contributed by atoms with Crippen LogP contribution in [0.4, 0.5) is 0 Å². The highest BCUT2D eigenvalue weighted by Gasteiger charge is 2.29. The van der Waals surface area contributed by atoms with Crippen LogP contribution < -0.4 is 29.8 Å². The van der Waals surface area contributed by atoms with Gasteiger partial charge in [-0.3, -0.25) is 9.59 Å². The van der Waals surface area contributed by atoms with Gasteiger partial charge in [0, 0.05) is 29.1 Å². The predicted molar refractivity (Wildman–Crippen MR) is 158 cm³/mol. The first-order chi connectivity index (χ1) is 20.1. The number of benzene rings is 4. The van der Waals surface area contributed by atoms with E-state index in [1.807, 2.05) is 0 Å². The lowest BCUT2D eigenvalue weighted by Crippen LogP contribution is -2.05. The minimum atomic E-state index is -0.469. The molecule has 0 aliphatic heterocycles. The van der Waals surface area contributed by atoms with Gasteiger partial charge in [-0.05, 0) is 37.4 Å². The first-order valence-corrected chi connectivity index (χ1v) is 12.8. The van der Waals surface area contributed by atoms with Gasteiger partial charge in [-0.25, -0.2) is 0 Å². The summed E-state index contributed by atoms with van der Waals surface area (Å²) in [5, 5.41) is 23.6. The molecular formula is C32H26O10. The fourth-order valence-electron chi connectivity index (χ4n) is 5.67. The van der Waals surface area contributed by atoms with Crippen molar-refractivity contribution >= 4 is 43.5 Å². The zero-order valence-electron chi connectivity index (χ0n) is 23.6. The lowest BCUT2D eigenvalue weighted by atomic mass is 9.90. The second-order valence-corrected chi connectivity index (χ2v) is 9.81. The van der Waals surface area contributed by atoms with Crippen LogP contribution in [0.1, 0.15) is 11.5 Å². The van der Waals surface area contributed by atoms with Crippen molar-refractivity contribution in [1.29, 1.82) is 0 Å². The predicted octanol–water partition coefficient (Wildman–Crippen LogP) is 5.94. The summed E-state index contributed by atoms with van der Waals surface area (Å²) >= 11 is 0. The van der Waals surface area contributed by atoms with Gasteiger partial charge < -0.3 is 38.0 Å². The summed E-state index contributed by atoms with van der Waals surface area (Å²) < 4.78 is 35.2. The van der Waals surface area contributed by atoms with Gasteiger partial charge in [0.05, 0.1) is 44.8 Å². The topological polar surface area (TPSA) is 138 Å². The zero-order valence-corrected chi connectivity index (χ0v) is 23.6. The van der Waals surface area contributed by atoms with Crippen molar-refractivity contribution in [1.82, 2.24) is 0 Å². The number of phenols is 2. The number of aromatic hydroxyl groups is 2. The number of methoxy groups -OCH3 is 4. The molecule has 2 N–H and O–H groups in total. The van der Waals surface area contributed by atoms with Crippen molar-refractivity contribution in [2.45, 2.75) is 13.8 Å². The maximum Gasteiger partial charge on any atom is 0.196 e. The van der Waals surface area contributed by atoms with Crippen molar-refractivity contribution in [2.24, 2.45) is 0 Å². The second kappa shape index (κ2) is 9.62. The van der Waals surface area contributed by atoms with Crippen LogP contribution in [0.25, 0.3) is 54.6 Å².